The molecule has 3 N–H and O–H groups in total. The molecule has 0 aromatic heterocycles. The van der Waals surface area contributed by atoms with Crippen molar-refractivity contribution >= 4 is 11.6 Å². The molecule has 8 nitrogen and oxygen atoms in total. The van der Waals surface area contributed by atoms with E-state index < -0.39 is 6.10 Å². The zero-order chi connectivity index (χ0) is 19.9. The van der Waals surface area contributed by atoms with Gasteiger partial charge in [0, 0.05) is 30.6 Å². The predicted octanol–water partition coefficient (Wildman–Crippen LogP) is 0.806. The Bertz CT molecular complexity index is 696. The second-order valence-corrected chi connectivity index (χ2v) is 7.11. The Morgan fingerprint density at radius 1 is 1.18 bits per heavy atom. The van der Waals surface area contributed by atoms with Crippen molar-refractivity contribution in [1.82, 2.24) is 4.90 Å². The van der Waals surface area contributed by atoms with Gasteiger partial charge in [0.05, 0.1) is 31.6 Å². The molecule has 1 heterocycles. The summed E-state index contributed by atoms with van der Waals surface area (Å²) in [6.07, 6.45) is 4.03. The molecule has 3 rings (SSSR count). The summed E-state index contributed by atoms with van der Waals surface area (Å²) in [5, 5.41) is 31.9. The van der Waals surface area contributed by atoms with Crippen molar-refractivity contribution in [3.63, 3.8) is 0 Å². The normalized spacial score (nSPS) is 19.4. The smallest absolute Gasteiger partial charge is 0.267 e. The fraction of sp³-hybridized carbons (Fsp3) is 0.600. The number of ether oxygens (including phenoxy) is 1. The summed E-state index contributed by atoms with van der Waals surface area (Å²) in [4.78, 5) is 19.2. The molecule has 28 heavy (non-hydrogen) atoms. The molecular weight excluding hydrogens is 364 g/mol. The molecule has 1 amide bonds. The highest BCUT2D eigenvalue weighted by molar-refractivity contribution is 6.04. The Morgan fingerprint density at radius 2 is 1.89 bits per heavy atom. The fourth-order valence-electron chi connectivity index (χ4n) is 3.62. The van der Waals surface area contributed by atoms with Crippen molar-refractivity contribution in [3.05, 3.63) is 29.3 Å². The lowest BCUT2D eigenvalue weighted by molar-refractivity contribution is -0.143. The van der Waals surface area contributed by atoms with E-state index in [0.717, 1.165) is 36.8 Å². The monoisotopic (exact) mass is 392 g/mol. The van der Waals surface area contributed by atoms with Crippen LogP contribution in [0.3, 0.4) is 0 Å². The lowest BCUT2D eigenvalue weighted by Crippen LogP contribution is -2.42. The van der Waals surface area contributed by atoms with Gasteiger partial charge < -0.3 is 29.8 Å². The first-order valence-corrected chi connectivity index (χ1v) is 9.80. The molecular formula is C20H28N2O6. The molecule has 1 fully saturated rings. The van der Waals surface area contributed by atoms with Gasteiger partial charge in [-0.25, -0.2) is 0 Å². The molecule has 1 atom stereocenters. The minimum atomic E-state index is -0.773. The molecule has 1 unspecified atom stereocenters. The van der Waals surface area contributed by atoms with E-state index >= 15 is 0 Å². The summed E-state index contributed by atoms with van der Waals surface area (Å²) in [6.45, 7) is -0.199. The number of hydrogen-bond acceptors (Lipinski definition) is 7. The first kappa shape index (κ1) is 20.6. The van der Waals surface area contributed by atoms with Gasteiger partial charge in [0.1, 0.15) is 5.75 Å². The third-order valence-electron chi connectivity index (χ3n) is 5.16. The lowest BCUT2D eigenvalue weighted by atomic mass is 10.0. The lowest BCUT2D eigenvalue weighted by Gasteiger charge is -2.22. The molecule has 0 bridgehead atoms. The maximum atomic E-state index is 12.5. The SMILES string of the molecule is O=C(C1CC(c2ccc(CO)c(OC3CCCC3)c2)=NO1)N(CCO)CCO. The first-order chi connectivity index (χ1) is 13.7. The van der Waals surface area contributed by atoms with Crippen molar-refractivity contribution in [2.45, 2.75) is 50.9 Å². The van der Waals surface area contributed by atoms with E-state index in [9.17, 15) is 9.90 Å². The number of rotatable bonds is 9. The number of hydrogen-bond donors (Lipinski definition) is 3. The van der Waals surface area contributed by atoms with E-state index in [1.54, 1.807) is 6.07 Å². The van der Waals surface area contributed by atoms with E-state index in [2.05, 4.69) is 5.16 Å². The van der Waals surface area contributed by atoms with Crippen LogP contribution in [0.4, 0.5) is 0 Å². The van der Waals surface area contributed by atoms with E-state index in [4.69, 9.17) is 19.8 Å². The highest BCUT2D eigenvalue weighted by Gasteiger charge is 2.32. The molecule has 1 aliphatic carbocycles. The molecule has 0 saturated heterocycles. The Balaban J connectivity index is 1.69. The first-order valence-electron chi connectivity index (χ1n) is 9.80. The standard InChI is InChI=1S/C20H28N2O6/c23-9-7-22(8-10-24)20(26)19-12-17(21-28-19)14-5-6-15(13-25)18(11-14)27-16-3-1-2-4-16/h5-6,11,16,19,23-25H,1-4,7-10,12-13H2. The van der Waals surface area contributed by atoms with Crippen LogP contribution in [0, 0.1) is 0 Å². The number of aliphatic hydroxyl groups excluding tert-OH is 3. The maximum Gasteiger partial charge on any atom is 0.267 e. The molecule has 1 saturated carbocycles. The van der Waals surface area contributed by atoms with Crippen LogP contribution in [0.15, 0.2) is 23.4 Å². The van der Waals surface area contributed by atoms with E-state index in [-0.39, 0.29) is 44.9 Å². The topological polar surface area (TPSA) is 112 Å². The minimum Gasteiger partial charge on any atom is -0.490 e. The van der Waals surface area contributed by atoms with Crippen molar-refractivity contribution in [1.29, 1.82) is 0 Å². The number of carbonyl (C=O) groups is 1. The summed E-state index contributed by atoms with van der Waals surface area (Å²) in [6, 6.07) is 5.49. The van der Waals surface area contributed by atoms with Crippen LogP contribution in [-0.4, -0.2) is 70.3 Å². The molecule has 0 radical (unpaired) electrons. The van der Waals surface area contributed by atoms with Gasteiger partial charge in [-0.1, -0.05) is 17.3 Å². The molecule has 8 heteroatoms. The number of aliphatic hydroxyl groups is 3. The Labute approximate surface area is 164 Å². The van der Waals surface area contributed by atoms with Gasteiger partial charge in [0.15, 0.2) is 0 Å². The minimum absolute atomic E-state index is 0.107. The highest BCUT2D eigenvalue weighted by Crippen LogP contribution is 2.29. The summed E-state index contributed by atoms with van der Waals surface area (Å²) in [5.41, 5.74) is 2.14. The quantitative estimate of drug-likeness (QED) is 0.573. The van der Waals surface area contributed by atoms with Gasteiger partial charge in [-0.15, -0.1) is 0 Å². The van der Waals surface area contributed by atoms with Crippen molar-refractivity contribution in [3.8, 4) is 5.75 Å². The van der Waals surface area contributed by atoms with Gasteiger partial charge >= 0.3 is 0 Å². The van der Waals surface area contributed by atoms with Gasteiger partial charge in [-0.2, -0.15) is 0 Å². The van der Waals surface area contributed by atoms with E-state index in [0.29, 0.717) is 17.9 Å². The van der Waals surface area contributed by atoms with Crippen LogP contribution < -0.4 is 4.74 Å². The average Bonchev–Trinajstić information content (AvgIpc) is 3.39. The Hall–Kier alpha value is -2.16. The predicted molar refractivity (Wildman–Crippen MR) is 102 cm³/mol. The summed E-state index contributed by atoms with van der Waals surface area (Å²) >= 11 is 0. The van der Waals surface area contributed by atoms with E-state index in [1.807, 2.05) is 12.1 Å². The highest BCUT2D eigenvalue weighted by atomic mass is 16.6. The number of oxime groups is 1. The Morgan fingerprint density at radius 3 is 2.54 bits per heavy atom. The van der Waals surface area contributed by atoms with Crippen LogP contribution in [-0.2, 0) is 16.2 Å². The molecule has 0 spiro atoms. The summed E-state index contributed by atoms with van der Waals surface area (Å²) in [5.74, 6) is 0.336. The Kier molecular flexibility index (Phi) is 7.24. The fourth-order valence-corrected chi connectivity index (χ4v) is 3.62. The molecule has 1 aromatic carbocycles. The maximum absolute atomic E-state index is 12.5. The van der Waals surface area contributed by atoms with Crippen molar-refractivity contribution in [2.75, 3.05) is 26.3 Å². The van der Waals surface area contributed by atoms with Gasteiger partial charge in [-0.3, -0.25) is 4.79 Å². The molecule has 154 valence electrons. The number of nitrogens with zero attached hydrogens (tertiary/aromatic N) is 2. The number of amides is 1. The van der Waals surface area contributed by atoms with Crippen LogP contribution in [0.5, 0.6) is 5.75 Å². The largest absolute Gasteiger partial charge is 0.490 e. The van der Waals surface area contributed by atoms with Crippen LogP contribution in [0.2, 0.25) is 0 Å². The van der Waals surface area contributed by atoms with Crippen molar-refractivity contribution in [2.24, 2.45) is 5.16 Å². The van der Waals surface area contributed by atoms with Crippen LogP contribution >= 0.6 is 0 Å². The number of benzene rings is 1. The van der Waals surface area contributed by atoms with Gasteiger partial charge in [0.2, 0.25) is 6.10 Å². The average molecular weight is 392 g/mol. The second-order valence-electron chi connectivity index (χ2n) is 7.11. The zero-order valence-electron chi connectivity index (χ0n) is 15.9. The summed E-state index contributed by atoms with van der Waals surface area (Å²) in [7, 11) is 0. The van der Waals surface area contributed by atoms with Crippen LogP contribution in [0.1, 0.15) is 43.2 Å². The second kappa shape index (κ2) is 9.86. The van der Waals surface area contributed by atoms with Gasteiger partial charge in [0.25, 0.3) is 5.91 Å². The van der Waals surface area contributed by atoms with Crippen LogP contribution in [0.25, 0.3) is 0 Å². The third kappa shape index (κ3) is 4.81. The molecule has 2 aliphatic rings. The zero-order valence-corrected chi connectivity index (χ0v) is 15.9. The third-order valence-corrected chi connectivity index (χ3v) is 5.16. The molecule has 1 aliphatic heterocycles. The van der Waals surface area contributed by atoms with Gasteiger partial charge in [-0.05, 0) is 31.7 Å². The molecule has 1 aromatic rings. The number of carbonyl (C=O) groups excluding carboxylic acids is 1. The summed E-state index contributed by atoms with van der Waals surface area (Å²) < 4.78 is 6.09. The van der Waals surface area contributed by atoms with Crippen molar-refractivity contribution < 1.29 is 29.7 Å². The van der Waals surface area contributed by atoms with E-state index in [1.165, 1.54) is 4.90 Å².